The number of hydrogen-bond donors (Lipinski definition) is 4. The van der Waals surface area contributed by atoms with Crippen LogP contribution in [-0.2, 0) is 38.0 Å². The number of rotatable bonds is 5. The number of carbonyl (C=O) groups excluding carboxylic acids is 1. The zero-order valence-corrected chi connectivity index (χ0v) is 30.9. The SMILES string of the molecule is C=C1C[C@@H]2CC[C@@]3(O)C[C@@H](O)[C@H]4C5O[C@H]6CC[C@H](CC(=O)C[C@@H]7[C@@H](OC)[C@@H](C[C@H](O)CNC)O[C@H]7C[C@H]7O[C@H](CCC7=C)CC[C@@H]1O2)O[C@@H]6[C@H](O3)C54. The van der Waals surface area contributed by atoms with E-state index in [0.29, 0.717) is 38.6 Å². The summed E-state index contributed by atoms with van der Waals surface area (Å²) in [4.78, 5) is 14.0. The van der Waals surface area contributed by atoms with E-state index in [2.05, 4.69) is 18.5 Å². The quantitative estimate of drug-likeness (QED) is 0.308. The van der Waals surface area contributed by atoms with Gasteiger partial charge in [-0.05, 0) is 69.6 Å². The topological polar surface area (TPSA) is 154 Å². The third-order valence-electron chi connectivity index (χ3n) is 13.6. The summed E-state index contributed by atoms with van der Waals surface area (Å²) in [7, 11) is 3.47. The van der Waals surface area contributed by atoms with Crippen LogP contribution in [0.1, 0.15) is 89.9 Å². The largest absolute Gasteiger partial charge is 0.393 e. The number of methoxy groups -OCH3 is 1. The molecule has 7 heterocycles. The van der Waals surface area contributed by atoms with Gasteiger partial charge in [0.25, 0.3) is 0 Å². The number of Topliss-reactive ketones (excluding diaryl/α,β-unsaturated/α-hetero) is 1. The average Bonchev–Trinajstić information content (AvgIpc) is 3.63. The van der Waals surface area contributed by atoms with E-state index in [1.54, 1.807) is 7.11 Å². The first-order valence-electron chi connectivity index (χ1n) is 20.1. The third-order valence-corrected chi connectivity index (χ3v) is 13.6. The Balaban J connectivity index is 1.05. The minimum absolute atomic E-state index is 0.0355. The van der Waals surface area contributed by atoms with Gasteiger partial charge in [0.1, 0.15) is 11.9 Å². The molecule has 52 heavy (non-hydrogen) atoms. The van der Waals surface area contributed by atoms with Gasteiger partial charge in [-0.1, -0.05) is 13.2 Å². The van der Waals surface area contributed by atoms with Gasteiger partial charge in [-0.25, -0.2) is 0 Å². The van der Waals surface area contributed by atoms with Gasteiger partial charge in [-0.15, -0.1) is 0 Å². The molecule has 0 aromatic carbocycles. The van der Waals surface area contributed by atoms with E-state index in [9.17, 15) is 20.1 Å². The molecule has 1 saturated carbocycles. The summed E-state index contributed by atoms with van der Waals surface area (Å²) in [5.41, 5.74) is 2.11. The van der Waals surface area contributed by atoms with Crippen LogP contribution >= 0.6 is 0 Å². The summed E-state index contributed by atoms with van der Waals surface area (Å²) in [6, 6.07) is 0. The van der Waals surface area contributed by atoms with Crippen molar-refractivity contribution in [3.05, 3.63) is 24.3 Å². The van der Waals surface area contributed by atoms with Crippen molar-refractivity contribution >= 4 is 5.78 Å². The van der Waals surface area contributed by atoms with Crippen LogP contribution in [0, 0.1) is 17.8 Å². The molecule has 1 aliphatic carbocycles. The van der Waals surface area contributed by atoms with Crippen LogP contribution in [0.15, 0.2) is 24.3 Å². The molecule has 8 rings (SSSR count). The Hall–Kier alpha value is -1.29. The molecular weight excluding hydrogens is 670 g/mol. The van der Waals surface area contributed by atoms with Crippen LogP contribution in [0.2, 0.25) is 0 Å². The minimum Gasteiger partial charge on any atom is -0.393 e. The van der Waals surface area contributed by atoms with E-state index in [4.69, 9.17) is 33.2 Å². The summed E-state index contributed by atoms with van der Waals surface area (Å²) in [6.07, 6.45) is 3.74. The fourth-order valence-electron chi connectivity index (χ4n) is 10.9. The molecule has 8 fully saturated rings. The lowest BCUT2D eigenvalue weighted by Crippen LogP contribution is -2.56. The molecule has 0 spiro atoms. The van der Waals surface area contributed by atoms with Gasteiger partial charge in [0.15, 0.2) is 5.79 Å². The molecule has 4 N–H and O–H groups in total. The normalized spacial score (nSPS) is 50.1. The Morgan fingerprint density at radius 2 is 1.65 bits per heavy atom. The van der Waals surface area contributed by atoms with Gasteiger partial charge < -0.3 is 53.8 Å². The number of aliphatic hydroxyl groups excluding tert-OH is 2. The van der Waals surface area contributed by atoms with Gasteiger partial charge in [0, 0.05) is 69.9 Å². The summed E-state index contributed by atoms with van der Waals surface area (Å²) >= 11 is 0. The van der Waals surface area contributed by atoms with Crippen molar-refractivity contribution in [1.82, 2.24) is 5.32 Å². The van der Waals surface area contributed by atoms with Gasteiger partial charge in [0.05, 0.1) is 79.4 Å². The second-order valence-electron chi connectivity index (χ2n) is 17.3. The highest BCUT2D eigenvalue weighted by atomic mass is 16.7. The Kier molecular flexibility index (Phi) is 11.1. The van der Waals surface area contributed by atoms with E-state index in [1.807, 2.05) is 7.05 Å². The van der Waals surface area contributed by atoms with E-state index >= 15 is 0 Å². The summed E-state index contributed by atoms with van der Waals surface area (Å²) in [5, 5.41) is 37.0. The molecule has 7 saturated heterocycles. The highest BCUT2D eigenvalue weighted by molar-refractivity contribution is 5.79. The maximum atomic E-state index is 14.0. The molecule has 292 valence electrons. The molecule has 12 nitrogen and oxygen atoms in total. The molecular formula is C40H61NO11. The molecule has 7 aliphatic heterocycles. The summed E-state index contributed by atoms with van der Waals surface area (Å²) < 4.78 is 45.8. The lowest BCUT2D eigenvalue weighted by Gasteiger charge is -2.45. The van der Waals surface area contributed by atoms with Crippen molar-refractivity contribution in [1.29, 1.82) is 0 Å². The van der Waals surface area contributed by atoms with E-state index in [1.165, 1.54) is 0 Å². The average molecular weight is 732 g/mol. The zero-order valence-electron chi connectivity index (χ0n) is 30.9. The number of hydrogen-bond acceptors (Lipinski definition) is 12. The smallest absolute Gasteiger partial charge is 0.168 e. The van der Waals surface area contributed by atoms with E-state index < -0.39 is 30.2 Å². The Labute approximate surface area is 307 Å². The van der Waals surface area contributed by atoms with Crippen molar-refractivity contribution in [3.8, 4) is 0 Å². The first kappa shape index (κ1) is 37.6. The number of ketones is 1. The van der Waals surface area contributed by atoms with Gasteiger partial charge >= 0.3 is 0 Å². The lowest BCUT2D eigenvalue weighted by molar-refractivity contribution is -0.301. The standard InChI is InChI=1S/C40H61NO11/c1-20-5-6-24-7-9-29-21(2)13-26(48-29)11-12-40(45)18-28(44)34-35-38(34)51-30-10-8-25(49-37(30)39(35)52-40)14-22(42)15-27-32(17-31(20)47-24)50-33(36(27)46-4)16-23(43)19-41-3/h23-39,41,43-45H,1-2,5-19H2,3-4H3/t23-,24+,25+,26-,27-,28+,29-,30-,31+,32-,33+,34+,35?,36+,37-,38?,39+,40-/m0/s1. The maximum Gasteiger partial charge on any atom is 0.168 e. The molecule has 8 aliphatic rings. The Morgan fingerprint density at radius 1 is 0.865 bits per heavy atom. The molecule has 0 radical (unpaired) electrons. The molecule has 2 unspecified atom stereocenters. The van der Waals surface area contributed by atoms with Gasteiger partial charge in [0.2, 0.25) is 0 Å². The predicted octanol–water partition coefficient (Wildman–Crippen LogP) is 2.89. The number of ether oxygens (including phenoxy) is 7. The van der Waals surface area contributed by atoms with Crippen LogP contribution in [0.4, 0.5) is 0 Å². The minimum atomic E-state index is -1.52. The molecule has 0 aromatic rings. The van der Waals surface area contributed by atoms with Crippen molar-refractivity contribution < 1.29 is 53.3 Å². The molecule has 0 aromatic heterocycles. The number of carbonyl (C=O) groups is 1. The molecule has 0 amide bonds. The van der Waals surface area contributed by atoms with Crippen LogP contribution in [0.5, 0.6) is 0 Å². The fourth-order valence-corrected chi connectivity index (χ4v) is 10.9. The fraction of sp³-hybridized carbons (Fsp3) is 0.875. The molecule has 12 heteroatoms. The van der Waals surface area contributed by atoms with Gasteiger partial charge in [-0.2, -0.15) is 0 Å². The number of nitrogens with one attached hydrogen (secondary N) is 1. The second-order valence-corrected chi connectivity index (χ2v) is 17.3. The highest BCUT2D eigenvalue weighted by Gasteiger charge is 2.69. The second kappa shape index (κ2) is 15.3. The molecule has 18 atom stereocenters. The summed E-state index contributed by atoms with van der Waals surface area (Å²) in [6.45, 7) is 9.17. The zero-order chi connectivity index (χ0) is 36.3. The van der Waals surface area contributed by atoms with Crippen LogP contribution in [0.25, 0.3) is 0 Å². The van der Waals surface area contributed by atoms with Crippen LogP contribution in [-0.4, -0.2) is 133 Å². The lowest BCUT2D eigenvalue weighted by atomic mass is 9.83. The van der Waals surface area contributed by atoms with Crippen molar-refractivity contribution in [2.45, 2.75) is 181 Å². The third kappa shape index (κ3) is 7.61. The van der Waals surface area contributed by atoms with E-state index in [0.717, 1.165) is 49.7 Å². The van der Waals surface area contributed by atoms with E-state index in [-0.39, 0.29) is 104 Å². The first-order valence-corrected chi connectivity index (χ1v) is 20.1. The first-order chi connectivity index (χ1) is 25.0. The Morgan fingerprint density at radius 3 is 2.46 bits per heavy atom. The number of likely N-dealkylation sites (N-methyl/N-ethyl adjacent to an activating group) is 1. The van der Waals surface area contributed by atoms with Gasteiger partial charge in [-0.3, -0.25) is 4.79 Å². The maximum absolute atomic E-state index is 14.0. The Bertz CT molecular complexity index is 1330. The highest BCUT2D eigenvalue weighted by Crippen LogP contribution is 2.58. The van der Waals surface area contributed by atoms with Crippen LogP contribution < -0.4 is 5.32 Å². The number of aliphatic hydroxyl groups is 3. The monoisotopic (exact) mass is 731 g/mol. The number of fused-ring (bicyclic) bond motifs is 8. The van der Waals surface area contributed by atoms with Crippen molar-refractivity contribution in [2.24, 2.45) is 17.8 Å². The predicted molar refractivity (Wildman–Crippen MR) is 188 cm³/mol. The van der Waals surface area contributed by atoms with Crippen molar-refractivity contribution in [3.63, 3.8) is 0 Å². The van der Waals surface area contributed by atoms with Crippen LogP contribution in [0.3, 0.4) is 0 Å². The molecule has 8 bridgehead atoms. The van der Waals surface area contributed by atoms with Crippen molar-refractivity contribution in [2.75, 3.05) is 20.7 Å². The summed E-state index contributed by atoms with van der Waals surface area (Å²) in [5.74, 6) is -1.82.